The number of aliphatic hydroxyl groups is 2. The maximum atomic E-state index is 13.3. The zero-order valence-electron chi connectivity index (χ0n) is 18.3. The van der Waals surface area contributed by atoms with Crippen LogP contribution in [-0.4, -0.2) is 47.3 Å². The topological polar surface area (TPSA) is 104 Å². The van der Waals surface area contributed by atoms with E-state index < -0.39 is 18.3 Å². The number of fused-ring (bicyclic) bond motifs is 2. The summed E-state index contributed by atoms with van der Waals surface area (Å²) in [5, 5.41) is 20.0. The summed E-state index contributed by atoms with van der Waals surface area (Å²) < 4.78 is 24.5. The maximum Gasteiger partial charge on any atom is 0.339 e. The van der Waals surface area contributed by atoms with E-state index in [0.29, 0.717) is 22.3 Å². The SMILES string of the molecule is Cc1c(CCC(=O)N(C)C[C@H](O)CO)c(=O)oc2cc3occ(-c4ccc(F)cc4)c3cc12. The minimum Gasteiger partial charge on any atom is -0.464 e. The van der Waals surface area contributed by atoms with Crippen LogP contribution < -0.4 is 5.63 Å². The molecule has 0 radical (unpaired) electrons. The van der Waals surface area contributed by atoms with Gasteiger partial charge in [-0.1, -0.05) is 12.1 Å². The molecule has 1 atom stereocenters. The van der Waals surface area contributed by atoms with Crippen LogP contribution in [0.1, 0.15) is 17.5 Å². The summed E-state index contributed by atoms with van der Waals surface area (Å²) in [5.41, 5.74) is 3.09. The molecule has 0 saturated carbocycles. The zero-order chi connectivity index (χ0) is 23.7. The molecule has 0 aliphatic carbocycles. The first kappa shape index (κ1) is 22.7. The van der Waals surface area contributed by atoms with Gasteiger partial charge in [0.15, 0.2) is 0 Å². The number of aryl methyl sites for hydroxylation is 1. The number of likely N-dealkylation sites (N-methyl/N-ethyl adjacent to an activating group) is 1. The highest BCUT2D eigenvalue weighted by molar-refractivity contribution is 6.02. The Morgan fingerprint density at radius 1 is 1.15 bits per heavy atom. The fourth-order valence-corrected chi connectivity index (χ4v) is 3.95. The summed E-state index contributed by atoms with van der Waals surface area (Å²) >= 11 is 0. The van der Waals surface area contributed by atoms with E-state index in [9.17, 15) is 19.1 Å². The van der Waals surface area contributed by atoms with Crippen molar-refractivity contribution in [3.8, 4) is 11.1 Å². The van der Waals surface area contributed by atoms with E-state index in [1.807, 2.05) is 13.0 Å². The molecule has 7 nitrogen and oxygen atoms in total. The number of nitrogens with zero attached hydrogens (tertiary/aromatic N) is 1. The Balaban J connectivity index is 1.68. The Bertz CT molecular complexity index is 1370. The number of rotatable bonds is 7. The lowest BCUT2D eigenvalue weighted by molar-refractivity contribution is -0.131. The normalized spacial score (nSPS) is 12.4. The minimum absolute atomic E-state index is 0.00524. The van der Waals surface area contributed by atoms with Crippen molar-refractivity contribution in [3.05, 3.63) is 70.0 Å². The van der Waals surface area contributed by atoms with Crippen molar-refractivity contribution < 1.29 is 28.2 Å². The monoisotopic (exact) mass is 453 g/mol. The number of furan rings is 1. The van der Waals surface area contributed by atoms with E-state index in [1.165, 1.54) is 24.1 Å². The molecule has 172 valence electrons. The van der Waals surface area contributed by atoms with Crippen LogP contribution >= 0.6 is 0 Å². The van der Waals surface area contributed by atoms with E-state index in [4.69, 9.17) is 13.9 Å². The molecule has 0 fully saturated rings. The van der Waals surface area contributed by atoms with Gasteiger partial charge in [0.25, 0.3) is 0 Å². The number of carbonyl (C=O) groups excluding carboxylic acids is 1. The molecule has 4 rings (SSSR count). The molecule has 1 amide bonds. The Morgan fingerprint density at radius 3 is 2.58 bits per heavy atom. The number of amides is 1. The molecule has 0 saturated heterocycles. The number of halogens is 1. The van der Waals surface area contributed by atoms with Gasteiger partial charge in [0.2, 0.25) is 5.91 Å². The van der Waals surface area contributed by atoms with Crippen molar-refractivity contribution in [1.82, 2.24) is 4.90 Å². The van der Waals surface area contributed by atoms with Crippen LogP contribution in [0.25, 0.3) is 33.1 Å². The fourth-order valence-electron chi connectivity index (χ4n) is 3.95. The molecule has 0 spiro atoms. The van der Waals surface area contributed by atoms with Gasteiger partial charge >= 0.3 is 5.63 Å². The predicted octanol–water partition coefficient (Wildman–Crippen LogP) is 3.40. The molecule has 4 aromatic rings. The van der Waals surface area contributed by atoms with Gasteiger partial charge in [0.1, 0.15) is 17.0 Å². The maximum absolute atomic E-state index is 13.3. The largest absolute Gasteiger partial charge is 0.464 e. The first-order chi connectivity index (χ1) is 15.8. The molecule has 33 heavy (non-hydrogen) atoms. The van der Waals surface area contributed by atoms with Gasteiger partial charge in [-0.2, -0.15) is 0 Å². The van der Waals surface area contributed by atoms with Gasteiger partial charge in [-0.05, 0) is 42.7 Å². The van der Waals surface area contributed by atoms with E-state index >= 15 is 0 Å². The second-order valence-corrected chi connectivity index (χ2v) is 8.10. The minimum atomic E-state index is -1.01. The highest BCUT2D eigenvalue weighted by atomic mass is 19.1. The van der Waals surface area contributed by atoms with Gasteiger partial charge < -0.3 is 23.9 Å². The lowest BCUT2D eigenvalue weighted by atomic mass is 9.99. The van der Waals surface area contributed by atoms with Crippen molar-refractivity contribution in [2.75, 3.05) is 20.2 Å². The summed E-state index contributed by atoms with van der Waals surface area (Å²) in [6.45, 7) is 1.38. The molecular formula is C25H24FNO6. The number of hydrogen-bond donors (Lipinski definition) is 2. The summed E-state index contributed by atoms with van der Waals surface area (Å²) in [6, 6.07) is 9.63. The van der Waals surface area contributed by atoms with Crippen LogP contribution in [0, 0.1) is 12.7 Å². The first-order valence-corrected chi connectivity index (χ1v) is 10.5. The standard InChI is InChI=1S/C25H24FNO6/c1-14-18(7-8-24(30)27(2)11-17(29)12-28)25(31)33-23-10-22-20(9-19(14)23)21(13-32-22)15-3-5-16(26)6-4-15/h3-6,9-10,13,17,28-29H,7-8,11-12H2,1-2H3/t17-/m0/s1. The van der Waals surface area contributed by atoms with Crippen LogP contribution in [0.4, 0.5) is 4.39 Å². The summed E-state index contributed by atoms with van der Waals surface area (Å²) in [6.07, 6.45) is 0.802. The van der Waals surface area contributed by atoms with E-state index in [0.717, 1.165) is 21.9 Å². The molecular weight excluding hydrogens is 429 g/mol. The van der Waals surface area contributed by atoms with Crippen molar-refractivity contribution in [2.24, 2.45) is 0 Å². The highest BCUT2D eigenvalue weighted by Crippen LogP contribution is 2.34. The van der Waals surface area contributed by atoms with E-state index in [2.05, 4.69) is 0 Å². The molecule has 0 bridgehead atoms. The number of hydrogen-bond acceptors (Lipinski definition) is 6. The summed E-state index contributed by atoms with van der Waals surface area (Å²) in [4.78, 5) is 26.3. The van der Waals surface area contributed by atoms with Gasteiger partial charge in [0, 0.05) is 48.0 Å². The van der Waals surface area contributed by atoms with Gasteiger partial charge in [-0.3, -0.25) is 4.79 Å². The number of benzene rings is 2. The second kappa shape index (κ2) is 9.17. The Labute approximate surface area is 188 Å². The van der Waals surface area contributed by atoms with Crippen LogP contribution in [0.3, 0.4) is 0 Å². The van der Waals surface area contributed by atoms with Gasteiger partial charge in [-0.15, -0.1) is 0 Å². The Morgan fingerprint density at radius 2 is 1.88 bits per heavy atom. The van der Waals surface area contributed by atoms with Crippen molar-refractivity contribution in [3.63, 3.8) is 0 Å². The second-order valence-electron chi connectivity index (χ2n) is 8.10. The van der Waals surface area contributed by atoms with Crippen molar-refractivity contribution >= 4 is 27.8 Å². The molecule has 0 aliphatic heterocycles. The molecule has 0 unspecified atom stereocenters. The van der Waals surface area contributed by atoms with Crippen molar-refractivity contribution in [2.45, 2.75) is 25.9 Å². The lowest BCUT2D eigenvalue weighted by Gasteiger charge is -2.19. The molecule has 2 heterocycles. The fraction of sp³-hybridized carbons (Fsp3) is 0.280. The van der Waals surface area contributed by atoms with Gasteiger partial charge in [0.05, 0.1) is 19.0 Å². The average molecular weight is 453 g/mol. The quantitative estimate of drug-likeness (QED) is 0.416. The van der Waals surface area contributed by atoms with Crippen LogP contribution in [0.5, 0.6) is 0 Å². The average Bonchev–Trinajstić information content (AvgIpc) is 3.20. The van der Waals surface area contributed by atoms with E-state index in [-0.39, 0.29) is 31.1 Å². The molecule has 2 N–H and O–H groups in total. The third kappa shape index (κ3) is 4.53. The Hall–Kier alpha value is -3.49. The first-order valence-electron chi connectivity index (χ1n) is 10.5. The Kier molecular flexibility index (Phi) is 6.31. The molecule has 0 aliphatic rings. The molecule has 2 aromatic carbocycles. The summed E-state index contributed by atoms with van der Waals surface area (Å²) in [5.74, 6) is -0.587. The van der Waals surface area contributed by atoms with Crippen LogP contribution in [0.15, 0.2) is 56.3 Å². The number of carbonyl (C=O) groups is 1. The van der Waals surface area contributed by atoms with E-state index in [1.54, 1.807) is 24.5 Å². The lowest BCUT2D eigenvalue weighted by Crippen LogP contribution is -2.36. The van der Waals surface area contributed by atoms with Crippen LogP contribution in [0.2, 0.25) is 0 Å². The van der Waals surface area contributed by atoms with Crippen molar-refractivity contribution in [1.29, 1.82) is 0 Å². The zero-order valence-corrected chi connectivity index (χ0v) is 18.3. The third-order valence-corrected chi connectivity index (χ3v) is 5.85. The summed E-state index contributed by atoms with van der Waals surface area (Å²) in [7, 11) is 1.53. The highest BCUT2D eigenvalue weighted by Gasteiger charge is 2.18. The molecule has 2 aromatic heterocycles. The van der Waals surface area contributed by atoms with Crippen LogP contribution in [-0.2, 0) is 11.2 Å². The van der Waals surface area contributed by atoms with Gasteiger partial charge in [-0.25, -0.2) is 9.18 Å². The number of aliphatic hydroxyl groups excluding tert-OH is 2. The smallest absolute Gasteiger partial charge is 0.339 e. The third-order valence-electron chi connectivity index (χ3n) is 5.85. The predicted molar refractivity (Wildman–Crippen MR) is 121 cm³/mol. The molecule has 8 heteroatoms.